The van der Waals surface area contributed by atoms with Crippen LogP contribution in [0, 0.1) is 0 Å². The number of carbonyl (C=O) groups is 1. The smallest absolute Gasteiger partial charge is 0.227 e. The third-order valence-electron chi connectivity index (χ3n) is 4.44. The summed E-state index contributed by atoms with van der Waals surface area (Å²) in [4.78, 5) is 23.6. The molecular weight excluding hydrogens is 274 g/mol. The molecule has 0 atom stereocenters. The Morgan fingerprint density at radius 1 is 1.27 bits per heavy atom. The molecule has 1 aliphatic heterocycles. The average Bonchev–Trinajstić information content (AvgIpc) is 2.90. The minimum absolute atomic E-state index is 0.0562. The molecule has 4 nitrogen and oxygen atoms in total. The molecule has 0 unspecified atom stereocenters. The maximum atomic E-state index is 12.5. The van der Waals surface area contributed by atoms with Gasteiger partial charge in [0.05, 0.1) is 12.2 Å². The SMILES string of the molecule is CC(C)(C)c1ncc2c(n1)CN(C(=O)CC1=CCCCC1)C2. The zero-order valence-electron chi connectivity index (χ0n) is 13.9. The van der Waals surface area contributed by atoms with E-state index in [2.05, 4.69) is 36.8 Å². The van der Waals surface area contributed by atoms with Crippen molar-refractivity contribution in [2.45, 2.75) is 71.4 Å². The predicted octanol–water partition coefficient (Wildman–Crippen LogP) is 3.51. The maximum Gasteiger partial charge on any atom is 0.227 e. The first-order valence-electron chi connectivity index (χ1n) is 8.24. The zero-order valence-corrected chi connectivity index (χ0v) is 13.9. The summed E-state index contributed by atoms with van der Waals surface area (Å²) in [5, 5.41) is 0. The van der Waals surface area contributed by atoms with Crippen molar-refractivity contribution < 1.29 is 4.79 Å². The van der Waals surface area contributed by atoms with E-state index in [1.54, 1.807) is 0 Å². The molecule has 2 heterocycles. The molecule has 2 aliphatic rings. The van der Waals surface area contributed by atoms with Crippen LogP contribution in [0.5, 0.6) is 0 Å². The summed E-state index contributed by atoms with van der Waals surface area (Å²) in [7, 11) is 0. The second-order valence-electron chi connectivity index (χ2n) is 7.45. The molecule has 1 amide bonds. The van der Waals surface area contributed by atoms with Gasteiger partial charge >= 0.3 is 0 Å². The lowest BCUT2D eigenvalue weighted by Crippen LogP contribution is -2.25. The molecular formula is C18H25N3O. The van der Waals surface area contributed by atoms with Crippen LogP contribution in [0.25, 0.3) is 0 Å². The topological polar surface area (TPSA) is 46.1 Å². The fourth-order valence-corrected chi connectivity index (χ4v) is 3.06. The van der Waals surface area contributed by atoms with Crippen LogP contribution in [-0.4, -0.2) is 20.8 Å². The quantitative estimate of drug-likeness (QED) is 0.785. The summed E-state index contributed by atoms with van der Waals surface area (Å²) in [5.74, 6) is 1.08. The lowest BCUT2D eigenvalue weighted by Gasteiger charge is -2.18. The Labute approximate surface area is 132 Å². The monoisotopic (exact) mass is 299 g/mol. The van der Waals surface area contributed by atoms with E-state index in [0.29, 0.717) is 19.5 Å². The van der Waals surface area contributed by atoms with Crippen LogP contribution >= 0.6 is 0 Å². The molecule has 3 rings (SSSR count). The first kappa shape index (κ1) is 15.2. The van der Waals surface area contributed by atoms with Gasteiger partial charge in [0.25, 0.3) is 0 Å². The Hall–Kier alpha value is -1.71. The molecule has 1 aromatic heterocycles. The van der Waals surface area contributed by atoms with Crippen molar-refractivity contribution in [1.82, 2.24) is 14.9 Å². The van der Waals surface area contributed by atoms with Gasteiger partial charge in [-0.1, -0.05) is 32.4 Å². The van der Waals surface area contributed by atoms with Crippen molar-refractivity contribution in [3.05, 3.63) is 34.9 Å². The molecule has 118 valence electrons. The Bertz CT molecular complexity index is 613. The van der Waals surface area contributed by atoms with Crippen molar-refractivity contribution >= 4 is 5.91 Å². The summed E-state index contributed by atoms with van der Waals surface area (Å²) >= 11 is 0. The van der Waals surface area contributed by atoms with Crippen LogP contribution in [-0.2, 0) is 23.3 Å². The van der Waals surface area contributed by atoms with Crippen LogP contribution in [0.3, 0.4) is 0 Å². The van der Waals surface area contributed by atoms with Crippen molar-refractivity contribution in [2.75, 3.05) is 0 Å². The second kappa shape index (κ2) is 5.82. The Kier molecular flexibility index (Phi) is 4.02. The molecule has 22 heavy (non-hydrogen) atoms. The van der Waals surface area contributed by atoms with Crippen LogP contribution in [0.2, 0.25) is 0 Å². The summed E-state index contributed by atoms with van der Waals surface area (Å²) in [6.45, 7) is 7.63. The first-order valence-corrected chi connectivity index (χ1v) is 8.24. The highest BCUT2D eigenvalue weighted by atomic mass is 16.2. The van der Waals surface area contributed by atoms with Gasteiger partial charge in [0, 0.05) is 30.1 Å². The maximum absolute atomic E-state index is 12.5. The second-order valence-corrected chi connectivity index (χ2v) is 7.45. The number of hydrogen-bond acceptors (Lipinski definition) is 3. The van der Waals surface area contributed by atoms with Gasteiger partial charge in [-0.05, 0) is 25.7 Å². The Morgan fingerprint density at radius 2 is 2.09 bits per heavy atom. The highest BCUT2D eigenvalue weighted by molar-refractivity contribution is 5.79. The molecule has 0 bridgehead atoms. The molecule has 4 heteroatoms. The Balaban J connectivity index is 1.68. The largest absolute Gasteiger partial charge is 0.332 e. The third-order valence-corrected chi connectivity index (χ3v) is 4.44. The molecule has 0 saturated heterocycles. The van der Waals surface area contributed by atoms with Crippen LogP contribution < -0.4 is 0 Å². The summed E-state index contributed by atoms with van der Waals surface area (Å²) in [6, 6.07) is 0. The van der Waals surface area contributed by atoms with Crippen molar-refractivity contribution in [3.63, 3.8) is 0 Å². The van der Waals surface area contributed by atoms with E-state index in [-0.39, 0.29) is 11.3 Å². The lowest BCUT2D eigenvalue weighted by molar-refractivity contribution is -0.131. The normalized spacial score (nSPS) is 18.1. The number of hydrogen-bond donors (Lipinski definition) is 0. The number of aromatic nitrogens is 2. The Morgan fingerprint density at radius 3 is 2.77 bits per heavy atom. The molecule has 0 spiro atoms. The van der Waals surface area contributed by atoms with Crippen molar-refractivity contribution in [3.8, 4) is 0 Å². The van der Waals surface area contributed by atoms with Gasteiger partial charge in [0.1, 0.15) is 5.82 Å². The van der Waals surface area contributed by atoms with Gasteiger partial charge in [-0.15, -0.1) is 0 Å². The number of nitrogens with zero attached hydrogens (tertiary/aromatic N) is 3. The number of amides is 1. The summed E-state index contributed by atoms with van der Waals surface area (Å²) < 4.78 is 0. The fourth-order valence-electron chi connectivity index (χ4n) is 3.06. The van der Waals surface area contributed by atoms with Gasteiger partial charge in [-0.3, -0.25) is 4.79 Å². The molecule has 0 N–H and O–H groups in total. The van der Waals surface area contributed by atoms with Crippen molar-refractivity contribution in [1.29, 1.82) is 0 Å². The summed E-state index contributed by atoms with van der Waals surface area (Å²) in [5.41, 5.74) is 3.37. The molecule has 0 saturated carbocycles. The average molecular weight is 299 g/mol. The van der Waals surface area contributed by atoms with E-state index in [1.807, 2.05) is 11.1 Å². The van der Waals surface area contributed by atoms with Crippen LogP contribution in [0.4, 0.5) is 0 Å². The van der Waals surface area contributed by atoms with Gasteiger partial charge < -0.3 is 4.90 Å². The fraction of sp³-hybridized carbons (Fsp3) is 0.611. The van der Waals surface area contributed by atoms with Crippen LogP contribution in [0.15, 0.2) is 17.8 Å². The van der Waals surface area contributed by atoms with E-state index >= 15 is 0 Å². The number of fused-ring (bicyclic) bond motifs is 1. The highest BCUT2D eigenvalue weighted by Crippen LogP contribution is 2.27. The molecule has 1 aliphatic carbocycles. The molecule has 0 aromatic carbocycles. The number of carbonyl (C=O) groups excluding carboxylic acids is 1. The lowest BCUT2D eigenvalue weighted by atomic mass is 9.95. The minimum Gasteiger partial charge on any atom is -0.332 e. The number of rotatable bonds is 2. The summed E-state index contributed by atoms with van der Waals surface area (Å²) in [6.07, 6.45) is 9.42. The van der Waals surface area contributed by atoms with E-state index in [9.17, 15) is 4.79 Å². The van der Waals surface area contributed by atoms with Crippen LogP contribution in [0.1, 0.15) is 70.0 Å². The minimum atomic E-state index is -0.0562. The van der Waals surface area contributed by atoms with E-state index in [4.69, 9.17) is 0 Å². The molecule has 1 aromatic rings. The van der Waals surface area contributed by atoms with E-state index in [1.165, 1.54) is 18.4 Å². The predicted molar refractivity (Wildman–Crippen MR) is 86.2 cm³/mol. The van der Waals surface area contributed by atoms with Gasteiger partial charge in [0.2, 0.25) is 5.91 Å². The van der Waals surface area contributed by atoms with E-state index in [0.717, 1.165) is 29.9 Å². The van der Waals surface area contributed by atoms with Gasteiger partial charge in [-0.2, -0.15) is 0 Å². The van der Waals surface area contributed by atoms with Gasteiger partial charge in [0.15, 0.2) is 0 Å². The third kappa shape index (κ3) is 3.21. The van der Waals surface area contributed by atoms with Gasteiger partial charge in [-0.25, -0.2) is 9.97 Å². The molecule has 0 radical (unpaired) electrons. The zero-order chi connectivity index (χ0) is 15.7. The first-order chi connectivity index (χ1) is 10.4. The van der Waals surface area contributed by atoms with Crippen molar-refractivity contribution in [2.24, 2.45) is 0 Å². The van der Waals surface area contributed by atoms with E-state index < -0.39 is 0 Å². The highest BCUT2D eigenvalue weighted by Gasteiger charge is 2.27. The standard InChI is InChI=1S/C18H25N3O/c1-18(2,3)17-19-10-14-11-21(12-15(14)20-17)16(22)9-13-7-5-4-6-8-13/h7,10H,4-6,8-9,11-12H2,1-3H3. The molecule has 0 fully saturated rings. The number of allylic oxidation sites excluding steroid dienone is 1.